The summed E-state index contributed by atoms with van der Waals surface area (Å²) in [6, 6.07) is 0. The minimum atomic E-state index is -1.83. The second kappa shape index (κ2) is 14.6. The van der Waals surface area contributed by atoms with Crippen LogP contribution in [-0.4, -0.2) is 43.5 Å². The maximum Gasteiger partial charge on any atom is 0.309 e. The molecular formula is C39H68O5Si. The Bertz CT molecular complexity index is 1060. The molecule has 45 heavy (non-hydrogen) atoms. The third kappa shape index (κ3) is 7.69. The average molecular weight is 645 g/mol. The summed E-state index contributed by atoms with van der Waals surface area (Å²) in [6.07, 6.45) is 21.3. The molecule has 0 aromatic carbocycles. The second-order valence-electron chi connectivity index (χ2n) is 17.5. The van der Waals surface area contributed by atoms with Gasteiger partial charge in [-0.1, -0.05) is 111 Å². The summed E-state index contributed by atoms with van der Waals surface area (Å²) in [7, 11) is -1.83. The molecule has 0 saturated heterocycles. The van der Waals surface area contributed by atoms with Gasteiger partial charge in [0.25, 0.3) is 0 Å². The van der Waals surface area contributed by atoms with Crippen LogP contribution >= 0.6 is 0 Å². The zero-order chi connectivity index (χ0) is 33.1. The number of carbonyl (C=O) groups is 2. The summed E-state index contributed by atoms with van der Waals surface area (Å²) in [5, 5.41) is 12.2. The predicted octanol–water partition coefficient (Wildman–Crippen LogP) is 10.1. The molecule has 3 fully saturated rings. The van der Waals surface area contributed by atoms with Crippen molar-refractivity contribution < 1.29 is 23.9 Å². The molecule has 0 spiro atoms. The number of aliphatic hydroxyl groups is 1. The maximum atomic E-state index is 13.6. The Morgan fingerprint density at radius 3 is 2.18 bits per heavy atom. The zero-order valence-corrected chi connectivity index (χ0v) is 31.4. The van der Waals surface area contributed by atoms with Gasteiger partial charge in [0.1, 0.15) is 5.60 Å². The Kier molecular flexibility index (Phi) is 12.0. The number of ether oxygens (including phenoxy) is 1. The molecule has 0 heterocycles. The van der Waals surface area contributed by atoms with Gasteiger partial charge in [0, 0.05) is 17.9 Å². The molecule has 4 aliphatic rings. The van der Waals surface area contributed by atoms with E-state index in [4.69, 9.17) is 9.16 Å². The lowest BCUT2D eigenvalue weighted by molar-refractivity contribution is -0.169. The number of unbranched alkanes of at least 4 members (excludes halogenated alkanes) is 9. The quantitative estimate of drug-likeness (QED) is 0.0831. The topological polar surface area (TPSA) is 72.8 Å². The average Bonchev–Trinajstić information content (AvgIpc) is 3.15. The summed E-state index contributed by atoms with van der Waals surface area (Å²) >= 11 is 0. The van der Waals surface area contributed by atoms with E-state index in [9.17, 15) is 14.7 Å². The predicted molar refractivity (Wildman–Crippen MR) is 187 cm³/mol. The van der Waals surface area contributed by atoms with Crippen molar-refractivity contribution in [2.45, 2.75) is 187 Å². The van der Waals surface area contributed by atoms with Crippen LogP contribution in [0.4, 0.5) is 0 Å². The van der Waals surface area contributed by atoms with Gasteiger partial charge in [-0.25, -0.2) is 0 Å². The van der Waals surface area contributed by atoms with E-state index in [0.29, 0.717) is 31.0 Å². The molecule has 1 N–H and O–H groups in total. The number of ketones is 1. The molecule has 0 bridgehead atoms. The van der Waals surface area contributed by atoms with Gasteiger partial charge in [0.15, 0.2) is 14.1 Å². The van der Waals surface area contributed by atoms with E-state index in [1.165, 1.54) is 51.4 Å². The molecule has 0 amide bonds. The highest BCUT2D eigenvalue weighted by Gasteiger charge is 2.68. The molecule has 0 aromatic heterocycles. The number of allylic oxidation sites excluding steroid dienone is 1. The molecule has 0 radical (unpaired) electrons. The van der Waals surface area contributed by atoms with Crippen LogP contribution in [0.3, 0.4) is 0 Å². The number of carbonyl (C=O) groups excluding carboxylic acids is 2. The maximum absolute atomic E-state index is 13.6. The van der Waals surface area contributed by atoms with E-state index in [-0.39, 0.29) is 28.6 Å². The van der Waals surface area contributed by atoms with Crippen LogP contribution in [0.25, 0.3) is 0 Å². The van der Waals surface area contributed by atoms with Crippen molar-refractivity contribution in [3.63, 3.8) is 0 Å². The van der Waals surface area contributed by atoms with Crippen LogP contribution < -0.4 is 0 Å². The van der Waals surface area contributed by atoms with Crippen molar-refractivity contribution >= 4 is 20.1 Å². The third-order valence-electron chi connectivity index (χ3n) is 13.7. The van der Waals surface area contributed by atoms with Gasteiger partial charge in [0.2, 0.25) is 0 Å². The molecule has 3 saturated carbocycles. The normalized spacial score (nSPS) is 35.0. The Morgan fingerprint density at radius 1 is 0.933 bits per heavy atom. The van der Waals surface area contributed by atoms with Crippen molar-refractivity contribution in [3.8, 4) is 0 Å². The molecule has 4 rings (SSSR count). The van der Waals surface area contributed by atoms with Crippen LogP contribution in [-0.2, 0) is 18.8 Å². The minimum absolute atomic E-state index is 0.111. The van der Waals surface area contributed by atoms with Crippen LogP contribution in [0.5, 0.6) is 0 Å². The molecule has 258 valence electrons. The van der Waals surface area contributed by atoms with Crippen molar-refractivity contribution in [1.82, 2.24) is 0 Å². The van der Waals surface area contributed by atoms with E-state index in [1.54, 1.807) is 5.57 Å². The molecule has 0 unspecified atom stereocenters. The smallest absolute Gasteiger partial charge is 0.309 e. The van der Waals surface area contributed by atoms with E-state index >= 15 is 0 Å². The number of fused-ring (bicyclic) bond motifs is 5. The largest absolute Gasteiger partial charge is 0.466 e. The molecule has 7 atom stereocenters. The van der Waals surface area contributed by atoms with Gasteiger partial charge in [-0.3, -0.25) is 9.59 Å². The molecular weight excluding hydrogens is 577 g/mol. The van der Waals surface area contributed by atoms with Gasteiger partial charge in [-0.05, 0) is 86.2 Å². The highest BCUT2D eigenvalue weighted by atomic mass is 28.4. The molecule has 5 nitrogen and oxygen atoms in total. The van der Waals surface area contributed by atoms with Crippen molar-refractivity contribution in [2.75, 3.05) is 6.61 Å². The SMILES string of the molecule is CCCCCCCCCCCCOC(=O)C[C@@]1(O)C(=O)C[C@H]2[C@@H]3CC=C4C[C@@H](O[Si](C)(C)C(C)(C)C)CC[C@]4(C)[C@H]3CC[C@@]21C. The third-order valence-corrected chi connectivity index (χ3v) is 18.2. The van der Waals surface area contributed by atoms with Crippen molar-refractivity contribution in [1.29, 1.82) is 0 Å². The Morgan fingerprint density at radius 2 is 1.56 bits per heavy atom. The number of hydrogen-bond donors (Lipinski definition) is 1. The number of hydrogen-bond acceptors (Lipinski definition) is 5. The number of Topliss-reactive ketones (excluding diaryl/α,β-unsaturated/α-hetero) is 1. The van der Waals surface area contributed by atoms with E-state index in [0.717, 1.165) is 51.4 Å². The highest BCUT2D eigenvalue weighted by molar-refractivity contribution is 6.74. The van der Waals surface area contributed by atoms with E-state index < -0.39 is 25.3 Å². The van der Waals surface area contributed by atoms with Crippen molar-refractivity contribution in [2.24, 2.45) is 28.6 Å². The first-order valence-corrected chi connectivity index (χ1v) is 21.8. The lowest BCUT2D eigenvalue weighted by atomic mass is 9.47. The van der Waals surface area contributed by atoms with Crippen LogP contribution in [0, 0.1) is 28.6 Å². The van der Waals surface area contributed by atoms with Crippen LogP contribution in [0.2, 0.25) is 18.1 Å². The highest BCUT2D eigenvalue weighted by Crippen LogP contribution is 2.67. The van der Waals surface area contributed by atoms with Crippen LogP contribution in [0.15, 0.2) is 11.6 Å². The molecule has 0 aromatic rings. The summed E-state index contributed by atoms with van der Waals surface area (Å²) in [6.45, 7) is 18.9. The van der Waals surface area contributed by atoms with Gasteiger partial charge in [-0.15, -0.1) is 0 Å². The van der Waals surface area contributed by atoms with Gasteiger partial charge in [0.05, 0.1) is 13.0 Å². The monoisotopic (exact) mass is 644 g/mol. The van der Waals surface area contributed by atoms with E-state index in [1.807, 2.05) is 0 Å². The summed E-state index contributed by atoms with van der Waals surface area (Å²) in [5.41, 5.74) is -0.490. The molecule has 0 aliphatic heterocycles. The minimum Gasteiger partial charge on any atom is -0.466 e. The number of rotatable bonds is 15. The van der Waals surface area contributed by atoms with Crippen LogP contribution in [0.1, 0.15) is 157 Å². The summed E-state index contributed by atoms with van der Waals surface area (Å²) < 4.78 is 12.5. The molecule has 4 aliphatic carbocycles. The van der Waals surface area contributed by atoms with Gasteiger partial charge < -0.3 is 14.3 Å². The first kappa shape index (κ1) is 36.8. The van der Waals surface area contributed by atoms with Crippen molar-refractivity contribution in [3.05, 3.63) is 11.6 Å². The Labute approximate surface area is 277 Å². The lowest BCUT2D eigenvalue weighted by Crippen LogP contribution is -2.56. The standard InChI is InChI=1S/C39H68O5Si/c1-9-10-11-12-13-14-15-16-17-18-25-43-35(41)28-39(42)34(40)27-33-31-20-19-29-26-30(44-45(7,8)36(2,3)4)21-23-37(29,5)32(31)22-24-38(33,39)6/h19,30-33,42H,9-18,20-28H2,1-8H3/t30-,31+,32-,33-,37-,38-,39+/m0/s1. The fourth-order valence-electron chi connectivity index (χ4n) is 9.55. The van der Waals surface area contributed by atoms with E-state index in [2.05, 4.69) is 60.7 Å². The second-order valence-corrected chi connectivity index (χ2v) is 22.3. The Hall–Kier alpha value is -0.983. The fraction of sp³-hybridized carbons (Fsp3) is 0.897. The first-order valence-electron chi connectivity index (χ1n) is 18.9. The van der Waals surface area contributed by atoms with Gasteiger partial charge >= 0.3 is 5.97 Å². The molecule has 6 heteroatoms. The summed E-state index contributed by atoms with van der Waals surface area (Å²) in [4.78, 5) is 26.6. The number of esters is 1. The summed E-state index contributed by atoms with van der Waals surface area (Å²) in [5.74, 6) is 0.444. The zero-order valence-electron chi connectivity index (χ0n) is 30.4. The lowest BCUT2D eigenvalue weighted by Gasteiger charge is -2.59. The Balaban J connectivity index is 1.30. The first-order chi connectivity index (χ1) is 21.1. The fourth-order valence-corrected chi connectivity index (χ4v) is 10.9. The van der Waals surface area contributed by atoms with Gasteiger partial charge in [-0.2, -0.15) is 0 Å².